The van der Waals surface area contributed by atoms with E-state index in [1.54, 1.807) is 25.3 Å². The van der Waals surface area contributed by atoms with E-state index in [9.17, 15) is 9.59 Å². The summed E-state index contributed by atoms with van der Waals surface area (Å²) in [7, 11) is 3.10. The third-order valence-corrected chi connectivity index (χ3v) is 6.17. The second-order valence-corrected chi connectivity index (χ2v) is 8.95. The lowest BCUT2D eigenvalue weighted by Gasteiger charge is -2.14. The smallest absolute Gasteiger partial charge is 0.293 e. The molecular weight excluding hydrogens is 506 g/mol. The molecule has 1 aliphatic rings. The van der Waals surface area contributed by atoms with Crippen LogP contribution in [0.1, 0.15) is 17.5 Å². The molecule has 1 aliphatic heterocycles. The number of imide groups is 1. The number of nitrogens with zero attached hydrogens (tertiary/aromatic N) is 1. The Labute approximate surface area is 198 Å². The molecule has 9 heteroatoms. The predicted molar refractivity (Wildman–Crippen MR) is 126 cm³/mol. The number of thioether (sulfide) groups is 1. The summed E-state index contributed by atoms with van der Waals surface area (Å²) in [5.41, 5.74) is 1.62. The molecule has 0 atom stereocenters. The van der Waals surface area contributed by atoms with Gasteiger partial charge in [0.05, 0.1) is 17.0 Å². The molecule has 0 spiro atoms. The van der Waals surface area contributed by atoms with Gasteiger partial charge in [0.1, 0.15) is 6.61 Å². The molecule has 0 aliphatic carbocycles. The highest BCUT2D eigenvalue weighted by atomic mass is 79.9. The van der Waals surface area contributed by atoms with Crippen LogP contribution in [-0.4, -0.2) is 43.4 Å². The number of carbonyl (C=O) groups is 2. The Morgan fingerprint density at radius 2 is 1.90 bits per heavy atom. The average molecular weight is 527 g/mol. The van der Waals surface area contributed by atoms with Crippen molar-refractivity contribution in [2.24, 2.45) is 0 Å². The zero-order valence-electron chi connectivity index (χ0n) is 17.0. The third kappa shape index (κ3) is 6.04. The highest BCUT2D eigenvalue weighted by molar-refractivity contribution is 9.10. The van der Waals surface area contributed by atoms with E-state index in [-0.39, 0.29) is 11.1 Å². The molecule has 1 saturated heterocycles. The van der Waals surface area contributed by atoms with Crippen molar-refractivity contribution in [3.8, 4) is 11.5 Å². The Morgan fingerprint density at radius 3 is 2.58 bits per heavy atom. The van der Waals surface area contributed by atoms with E-state index in [2.05, 4.69) is 15.9 Å². The molecule has 2 aromatic rings. The molecule has 0 aromatic heterocycles. The first-order valence-corrected chi connectivity index (χ1v) is 11.4. The first kappa shape index (κ1) is 23.7. The summed E-state index contributed by atoms with van der Waals surface area (Å²) in [4.78, 5) is 26.3. The van der Waals surface area contributed by atoms with Gasteiger partial charge in [0.15, 0.2) is 11.5 Å². The van der Waals surface area contributed by atoms with Gasteiger partial charge >= 0.3 is 0 Å². The van der Waals surface area contributed by atoms with Gasteiger partial charge in [0.2, 0.25) is 0 Å². The average Bonchev–Trinajstić information content (AvgIpc) is 3.01. The maximum Gasteiger partial charge on any atom is 0.293 e. The van der Waals surface area contributed by atoms with Gasteiger partial charge in [0, 0.05) is 24.7 Å². The van der Waals surface area contributed by atoms with Crippen molar-refractivity contribution in [1.82, 2.24) is 4.90 Å². The molecule has 1 fully saturated rings. The molecule has 6 nitrogen and oxygen atoms in total. The summed E-state index contributed by atoms with van der Waals surface area (Å²) in [6.45, 7) is 1.13. The Kier molecular flexibility index (Phi) is 8.43. The van der Waals surface area contributed by atoms with Gasteiger partial charge in [-0.2, -0.15) is 0 Å². The third-order valence-electron chi connectivity index (χ3n) is 4.45. The van der Waals surface area contributed by atoms with Crippen molar-refractivity contribution in [1.29, 1.82) is 0 Å². The number of amides is 2. The number of rotatable bonds is 9. The Hall–Kier alpha value is -2.00. The molecule has 0 bridgehead atoms. The summed E-state index contributed by atoms with van der Waals surface area (Å²) in [5, 5.41) is 0.0573. The predicted octanol–water partition coefficient (Wildman–Crippen LogP) is 5.76. The van der Waals surface area contributed by atoms with Crippen LogP contribution in [0.2, 0.25) is 5.02 Å². The van der Waals surface area contributed by atoms with Gasteiger partial charge in [-0.3, -0.25) is 14.5 Å². The van der Waals surface area contributed by atoms with Gasteiger partial charge in [0.25, 0.3) is 11.1 Å². The summed E-state index contributed by atoms with van der Waals surface area (Å²) in [5.74, 6) is 0.531. The summed E-state index contributed by atoms with van der Waals surface area (Å²) in [6, 6.07) is 11.2. The largest absolute Gasteiger partial charge is 0.493 e. The Morgan fingerprint density at radius 1 is 1.16 bits per heavy atom. The van der Waals surface area contributed by atoms with Crippen LogP contribution >= 0.6 is 39.3 Å². The van der Waals surface area contributed by atoms with E-state index >= 15 is 0 Å². The van der Waals surface area contributed by atoms with Crippen molar-refractivity contribution in [2.75, 3.05) is 27.4 Å². The van der Waals surface area contributed by atoms with Crippen LogP contribution in [0.4, 0.5) is 4.79 Å². The molecule has 1 heterocycles. The minimum absolute atomic E-state index is 0.292. The van der Waals surface area contributed by atoms with Crippen LogP contribution in [0.15, 0.2) is 45.8 Å². The number of methoxy groups -OCH3 is 2. The Balaban J connectivity index is 1.77. The fourth-order valence-electron chi connectivity index (χ4n) is 2.91. The Bertz CT molecular complexity index is 996. The quantitative estimate of drug-likeness (QED) is 0.306. The maximum atomic E-state index is 12.6. The van der Waals surface area contributed by atoms with Crippen LogP contribution < -0.4 is 9.47 Å². The van der Waals surface area contributed by atoms with E-state index < -0.39 is 0 Å². The van der Waals surface area contributed by atoms with Gasteiger partial charge in [-0.15, -0.1) is 0 Å². The SMILES string of the molecule is COCCCN1C(=O)S/C(=C/c2cc(Cl)c(OCc3ccc(Br)cc3)c(OC)c2)C1=O. The molecule has 164 valence electrons. The van der Waals surface area contributed by atoms with Crippen LogP contribution in [0.5, 0.6) is 11.5 Å². The molecule has 0 saturated carbocycles. The lowest BCUT2D eigenvalue weighted by molar-refractivity contribution is -0.122. The molecule has 0 radical (unpaired) electrons. The van der Waals surface area contributed by atoms with Crippen molar-refractivity contribution in [3.63, 3.8) is 0 Å². The molecule has 31 heavy (non-hydrogen) atoms. The van der Waals surface area contributed by atoms with Gasteiger partial charge in [-0.25, -0.2) is 0 Å². The second-order valence-electron chi connectivity index (χ2n) is 6.63. The van der Waals surface area contributed by atoms with E-state index in [4.69, 9.17) is 25.8 Å². The lowest BCUT2D eigenvalue weighted by atomic mass is 10.1. The van der Waals surface area contributed by atoms with Crippen molar-refractivity contribution < 1.29 is 23.8 Å². The van der Waals surface area contributed by atoms with Gasteiger partial charge < -0.3 is 14.2 Å². The summed E-state index contributed by atoms with van der Waals surface area (Å²) in [6.07, 6.45) is 2.22. The minimum atomic E-state index is -0.322. The number of hydrogen-bond acceptors (Lipinski definition) is 6. The standard InChI is InChI=1S/C22H21BrClNO5S/c1-28-9-3-8-25-21(26)19(31-22(25)27)12-15-10-17(24)20(18(11-15)29-2)30-13-14-4-6-16(23)7-5-14/h4-7,10-12H,3,8-9,13H2,1-2H3/b19-12+. The van der Waals surface area contributed by atoms with E-state index in [0.29, 0.717) is 53.2 Å². The monoisotopic (exact) mass is 525 g/mol. The molecule has 0 unspecified atom stereocenters. The minimum Gasteiger partial charge on any atom is -0.493 e. The zero-order chi connectivity index (χ0) is 22.4. The first-order valence-electron chi connectivity index (χ1n) is 9.42. The fourth-order valence-corrected chi connectivity index (χ4v) is 4.31. The van der Waals surface area contributed by atoms with Crippen molar-refractivity contribution >= 4 is 56.5 Å². The second kappa shape index (κ2) is 11.0. The summed E-state index contributed by atoms with van der Waals surface area (Å²) < 4.78 is 17.3. The highest BCUT2D eigenvalue weighted by Crippen LogP contribution is 2.39. The number of benzene rings is 2. The van der Waals surface area contributed by atoms with E-state index in [1.165, 1.54) is 12.0 Å². The van der Waals surface area contributed by atoms with E-state index in [0.717, 1.165) is 21.8 Å². The van der Waals surface area contributed by atoms with Crippen LogP contribution in [0.3, 0.4) is 0 Å². The van der Waals surface area contributed by atoms with Crippen LogP contribution in [0.25, 0.3) is 6.08 Å². The van der Waals surface area contributed by atoms with Crippen LogP contribution in [-0.2, 0) is 16.1 Å². The maximum absolute atomic E-state index is 12.6. The van der Waals surface area contributed by atoms with Crippen molar-refractivity contribution in [3.05, 3.63) is 61.9 Å². The normalized spacial score (nSPS) is 15.1. The van der Waals surface area contributed by atoms with E-state index in [1.807, 2.05) is 24.3 Å². The number of hydrogen-bond donors (Lipinski definition) is 0. The van der Waals surface area contributed by atoms with Crippen molar-refractivity contribution in [2.45, 2.75) is 13.0 Å². The molecular formula is C22H21BrClNO5S. The molecule has 0 N–H and O–H groups in total. The number of halogens is 2. The van der Waals surface area contributed by atoms with Gasteiger partial charge in [-0.1, -0.05) is 39.7 Å². The molecule has 2 amide bonds. The number of carbonyl (C=O) groups excluding carboxylic acids is 2. The van der Waals surface area contributed by atoms with Gasteiger partial charge in [-0.05, 0) is 59.7 Å². The molecule has 2 aromatic carbocycles. The summed E-state index contributed by atoms with van der Waals surface area (Å²) >= 11 is 10.8. The number of ether oxygens (including phenoxy) is 3. The fraction of sp³-hybridized carbons (Fsp3) is 0.273. The molecule has 3 rings (SSSR count). The first-order chi connectivity index (χ1) is 14.9. The van der Waals surface area contributed by atoms with Crippen LogP contribution in [0, 0.1) is 0 Å². The topological polar surface area (TPSA) is 65.1 Å². The zero-order valence-corrected chi connectivity index (χ0v) is 20.2. The lowest BCUT2D eigenvalue weighted by Crippen LogP contribution is -2.29. The highest BCUT2D eigenvalue weighted by Gasteiger charge is 2.34.